The first-order chi connectivity index (χ1) is 7.20. The Morgan fingerprint density at radius 3 is 3.00 bits per heavy atom. The molecule has 1 aliphatic carbocycles. The maximum absolute atomic E-state index is 4.34. The van der Waals surface area contributed by atoms with Crippen LogP contribution in [0.2, 0.25) is 0 Å². The van der Waals surface area contributed by atoms with Crippen molar-refractivity contribution in [2.24, 2.45) is 13.0 Å². The van der Waals surface area contributed by atoms with Crippen LogP contribution in [-0.2, 0) is 13.6 Å². The molecule has 0 spiro atoms. The van der Waals surface area contributed by atoms with Crippen molar-refractivity contribution in [2.45, 2.75) is 45.7 Å². The van der Waals surface area contributed by atoms with E-state index in [0.717, 1.165) is 24.2 Å². The van der Waals surface area contributed by atoms with Gasteiger partial charge in [-0.25, -0.2) is 0 Å². The molecule has 3 nitrogen and oxygen atoms in total. The van der Waals surface area contributed by atoms with Crippen LogP contribution in [0.5, 0.6) is 0 Å². The van der Waals surface area contributed by atoms with Gasteiger partial charge >= 0.3 is 0 Å². The Bertz CT molecular complexity index is 330. The van der Waals surface area contributed by atoms with E-state index >= 15 is 0 Å². The standard InChI is InChI=1S/C12H21N3/c1-4-5-10-6-12(10)13-7-11-8-15(3)14-9(11)2/h8,10,12-13H,4-7H2,1-3H3. The predicted octanol–water partition coefficient (Wildman–Crippen LogP) is 2.01. The van der Waals surface area contributed by atoms with Crippen molar-refractivity contribution in [3.8, 4) is 0 Å². The van der Waals surface area contributed by atoms with E-state index in [1.54, 1.807) is 0 Å². The fraction of sp³-hybridized carbons (Fsp3) is 0.750. The summed E-state index contributed by atoms with van der Waals surface area (Å²) in [6.45, 7) is 5.32. The summed E-state index contributed by atoms with van der Waals surface area (Å²) in [5.41, 5.74) is 2.48. The molecule has 0 aliphatic heterocycles. The lowest BCUT2D eigenvalue weighted by Crippen LogP contribution is -2.17. The zero-order chi connectivity index (χ0) is 10.8. The molecule has 0 aromatic carbocycles. The minimum Gasteiger partial charge on any atom is -0.310 e. The van der Waals surface area contributed by atoms with Gasteiger partial charge in [0.1, 0.15) is 0 Å². The van der Waals surface area contributed by atoms with Gasteiger partial charge in [0, 0.05) is 31.4 Å². The van der Waals surface area contributed by atoms with Crippen LogP contribution in [0.4, 0.5) is 0 Å². The average molecular weight is 207 g/mol. The third kappa shape index (κ3) is 2.59. The molecule has 1 heterocycles. The first kappa shape index (κ1) is 10.7. The summed E-state index contributed by atoms with van der Waals surface area (Å²) in [4.78, 5) is 0. The fourth-order valence-corrected chi connectivity index (χ4v) is 2.25. The highest BCUT2D eigenvalue weighted by Crippen LogP contribution is 2.34. The number of rotatable bonds is 5. The molecule has 1 saturated carbocycles. The summed E-state index contributed by atoms with van der Waals surface area (Å²) < 4.78 is 1.89. The summed E-state index contributed by atoms with van der Waals surface area (Å²) in [5, 5.41) is 7.95. The highest BCUT2D eigenvalue weighted by atomic mass is 15.3. The van der Waals surface area contributed by atoms with Crippen molar-refractivity contribution < 1.29 is 0 Å². The van der Waals surface area contributed by atoms with Crippen molar-refractivity contribution in [1.82, 2.24) is 15.1 Å². The molecule has 0 saturated heterocycles. The van der Waals surface area contributed by atoms with E-state index in [-0.39, 0.29) is 0 Å². The zero-order valence-electron chi connectivity index (χ0n) is 9.95. The Morgan fingerprint density at radius 1 is 1.60 bits per heavy atom. The summed E-state index contributed by atoms with van der Waals surface area (Å²) >= 11 is 0. The van der Waals surface area contributed by atoms with E-state index in [2.05, 4.69) is 30.5 Å². The monoisotopic (exact) mass is 207 g/mol. The Hall–Kier alpha value is -0.830. The number of nitrogens with zero attached hydrogens (tertiary/aromatic N) is 2. The molecule has 0 bridgehead atoms. The Labute approximate surface area is 91.9 Å². The highest BCUT2D eigenvalue weighted by molar-refractivity contribution is 5.15. The lowest BCUT2D eigenvalue weighted by molar-refractivity contribution is 0.598. The van der Waals surface area contributed by atoms with Gasteiger partial charge in [-0.15, -0.1) is 0 Å². The van der Waals surface area contributed by atoms with Crippen LogP contribution in [0.15, 0.2) is 6.20 Å². The van der Waals surface area contributed by atoms with E-state index in [1.165, 1.54) is 24.8 Å². The van der Waals surface area contributed by atoms with Crippen LogP contribution in [0.3, 0.4) is 0 Å². The number of aryl methyl sites for hydroxylation is 2. The number of hydrogen-bond donors (Lipinski definition) is 1. The van der Waals surface area contributed by atoms with Crippen molar-refractivity contribution in [3.05, 3.63) is 17.5 Å². The van der Waals surface area contributed by atoms with Gasteiger partial charge in [0.05, 0.1) is 5.69 Å². The van der Waals surface area contributed by atoms with Gasteiger partial charge in [-0.2, -0.15) is 5.10 Å². The average Bonchev–Trinajstić information content (AvgIpc) is 2.83. The molecular weight excluding hydrogens is 186 g/mol. The summed E-state index contributed by atoms with van der Waals surface area (Å²) in [7, 11) is 1.98. The van der Waals surface area contributed by atoms with E-state index < -0.39 is 0 Å². The molecule has 2 atom stereocenters. The summed E-state index contributed by atoms with van der Waals surface area (Å²) in [5.74, 6) is 0.937. The van der Waals surface area contributed by atoms with Gasteiger partial charge < -0.3 is 5.32 Å². The first-order valence-corrected chi connectivity index (χ1v) is 5.93. The molecule has 2 unspecified atom stereocenters. The third-order valence-electron chi connectivity index (χ3n) is 3.25. The van der Waals surface area contributed by atoms with Gasteiger partial charge in [-0.3, -0.25) is 4.68 Å². The second-order valence-corrected chi connectivity index (χ2v) is 4.69. The highest BCUT2D eigenvalue weighted by Gasteiger charge is 2.35. The maximum Gasteiger partial charge on any atom is 0.0638 e. The summed E-state index contributed by atoms with van der Waals surface area (Å²) in [6.07, 6.45) is 6.17. The van der Waals surface area contributed by atoms with Crippen LogP contribution in [0.1, 0.15) is 37.4 Å². The van der Waals surface area contributed by atoms with E-state index in [9.17, 15) is 0 Å². The van der Waals surface area contributed by atoms with Crippen molar-refractivity contribution in [2.75, 3.05) is 0 Å². The van der Waals surface area contributed by atoms with Gasteiger partial charge in [0.2, 0.25) is 0 Å². The van der Waals surface area contributed by atoms with Crippen LogP contribution in [0, 0.1) is 12.8 Å². The topological polar surface area (TPSA) is 29.9 Å². The van der Waals surface area contributed by atoms with Crippen molar-refractivity contribution in [3.63, 3.8) is 0 Å². The fourth-order valence-electron chi connectivity index (χ4n) is 2.25. The number of hydrogen-bond acceptors (Lipinski definition) is 2. The molecule has 1 N–H and O–H groups in total. The smallest absolute Gasteiger partial charge is 0.0638 e. The molecule has 0 radical (unpaired) electrons. The quantitative estimate of drug-likeness (QED) is 0.800. The molecular formula is C12H21N3. The molecule has 0 amide bonds. The molecule has 84 valence electrons. The molecule has 1 aromatic heterocycles. The number of aromatic nitrogens is 2. The third-order valence-corrected chi connectivity index (χ3v) is 3.25. The Morgan fingerprint density at radius 2 is 2.40 bits per heavy atom. The van der Waals surface area contributed by atoms with Crippen LogP contribution in [-0.4, -0.2) is 15.8 Å². The number of nitrogens with one attached hydrogen (secondary N) is 1. The minimum absolute atomic E-state index is 0.768. The Balaban J connectivity index is 1.77. The molecule has 1 aromatic rings. The lowest BCUT2D eigenvalue weighted by Gasteiger charge is -2.02. The molecule has 3 heteroatoms. The van der Waals surface area contributed by atoms with Crippen LogP contribution < -0.4 is 5.32 Å². The second kappa shape index (κ2) is 4.35. The van der Waals surface area contributed by atoms with E-state index in [1.807, 2.05) is 11.7 Å². The molecule has 2 rings (SSSR count). The first-order valence-electron chi connectivity index (χ1n) is 5.93. The molecule has 1 fully saturated rings. The van der Waals surface area contributed by atoms with Gasteiger partial charge in [0.15, 0.2) is 0 Å². The van der Waals surface area contributed by atoms with Crippen LogP contribution >= 0.6 is 0 Å². The van der Waals surface area contributed by atoms with Crippen LogP contribution in [0.25, 0.3) is 0 Å². The normalized spacial score (nSPS) is 24.5. The Kier molecular flexibility index (Phi) is 3.10. The van der Waals surface area contributed by atoms with Crippen molar-refractivity contribution in [1.29, 1.82) is 0 Å². The van der Waals surface area contributed by atoms with Gasteiger partial charge in [0.25, 0.3) is 0 Å². The maximum atomic E-state index is 4.34. The largest absolute Gasteiger partial charge is 0.310 e. The predicted molar refractivity (Wildman–Crippen MR) is 61.6 cm³/mol. The SMILES string of the molecule is CCCC1CC1NCc1cn(C)nc1C. The van der Waals surface area contributed by atoms with Gasteiger partial charge in [-0.1, -0.05) is 13.3 Å². The van der Waals surface area contributed by atoms with Crippen molar-refractivity contribution >= 4 is 0 Å². The molecule has 1 aliphatic rings. The second-order valence-electron chi connectivity index (χ2n) is 4.69. The lowest BCUT2D eigenvalue weighted by atomic mass is 10.2. The minimum atomic E-state index is 0.768. The molecule has 15 heavy (non-hydrogen) atoms. The zero-order valence-corrected chi connectivity index (χ0v) is 9.95. The van der Waals surface area contributed by atoms with E-state index in [4.69, 9.17) is 0 Å². The van der Waals surface area contributed by atoms with Gasteiger partial charge in [-0.05, 0) is 25.7 Å². The van der Waals surface area contributed by atoms with E-state index in [0.29, 0.717) is 0 Å². The summed E-state index contributed by atoms with van der Waals surface area (Å²) in [6, 6.07) is 0.768.